The topological polar surface area (TPSA) is 56.1 Å². The number of likely N-dealkylation sites (tertiary alicyclic amines) is 1. The van der Waals surface area contributed by atoms with E-state index in [4.69, 9.17) is 4.74 Å². The first kappa shape index (κ1) is 22.6. The molecule has 2 atom stereocenters. The number of ether oxygens (including phenoxy) is 1. The minimum Gasteiger partial charge on any atom is -0.497 e. The molecule has 0 unspecified atom stereocenters. The highest BCUT2D eigenvalue weighted by Crippen LogP contribution is 2.59. The molecule has 1 aliphatic heterocycles. The van der Waals surface area contributed by atoms with Gasteiger partial charge in [0.1, 0.15) is 5.75 Å². The van der Waals surface area contributed by atoms with Gasteiger partial charge in [-0.25, -0.2) is 0 Å². The Morgan fingerprint density at radius 3 is 2.77 bits per heavy atom. The van der Waals surface area contributed by atoms with Gasteiger partial charge in [-0.05, 0) is 62.1 Å². The number of fused-ring (bicyclic) bond motifs is 2. The van der Waals surface area contributed by atoms with Crippen molar-refractivity contribution in [3.8, 4) is 17.1 Å². The molecule has 6 rings (SSSR count). The lowest BCUT2D eigenvalue weighted by atomic mass is 9.95. The van der Waals surface area contributed by atoms with Gasteiger partial charge in [-0.2, -0.15) is 0 Å². The Labute approximate surface area is 210 Å². The van der Waals surface area contributed by atoms with Gasteiger partial charge in [0, 0.05) is 47.9 Å². The second-order valence-corrected chi connectivity index (χ2v) is 11.0. The van der Waals surface area contributed by atoms with Gasteiger partial charge < -0.3 is 14.2 Å². The van der Waals surface area contributed by atoms with E-state index in [0.29, 0.717) is 5.41 Å². The van der Waals surface area contributed by atoms with Gasteiger partial charge in [-0.1, -0.05) is 42.1 Å². The number of benzene rings is 2. The molecule has 1 aliphatic carbocycles. The molecule has 4 aromatic rings. The Morgan fingerprint density at radius 2 is 1.94 bits per heavy atom. The highest BCUT2D eigenvalue weighted by atomic mass is 32.2. The molecule has 0 bridgehead atoms. The maximum atomic E-state index is 5.33. The molecule has 35 heavy (non-hydrogen) atoms. The summed E-state index contributed by atoms with van der Waals surface area (Å²) in [6, 6.07) is 19.1. The molecule has 7 heteroatoms. The first-order chi connectivity index (χ1) is 17.1. The third-order valence-corrected chi connectivity index (χ3v) is 8.78. The summed E-state index contributed by atoms with van der Waals surface area (Å²) in [4.78, 5) is 7.31. The van der Waals surface area contributed by atoms with Crippen LogP contribution in [0.1, 0.15) is 24.1 Å². The molecule has 1 saturated heterocycles. The van der Waals surface area contributed by atoms with Crippen molar-refractivity contribution in [1.29, 1.82) is 0 Å². The Hall–Kier alpha value is -2.90. The number of hydrogen-bond acceptors (Lipinski definition) is 6. The Bertz CT molecular complexity index is 1370. The van der Waals surface area contributed by atoms with E-state index in [2.05, 4.69) is 80.2 Å². The Balaban J connectivity index is 1.05. The van der Waals surface area contributed by atoms with Crippen molar-refractivity contribution in [3.05, 3.63) is 65.9 Å². The van der Waals surface area contributed by atoms with Crippen molar-refractivity contribution in [2.24, 2.45) is 13.0 Å². The Morgan fingerprint density at radius 1 is 1.09 bits per heavy atom. The van der Waals surface area contributed by atoms with Gasteiger partial charge in [0.2, 0.25) is 0 Å². The molecule has 1 saturated carbocycles. The van der Waals surface area contributed by atoms with Crippen molar-refractivity contribution in [2.75, 3.05) is 32.5 Å². The fourth-order valence-electron chi connectivity index (χ4n) is 5.71. The number of rotatable bonds is 8. The zero-order chi connectivity index (χ0) is 24.0. The maximum absolute atomic E-state index is 5.33. The molecule has 2 aromatic heterocycles. The highest BCUT2D eigenvalue weighted by Gasteiger charge is 2.60. The lowest BCUT2D eigenvalue weighted by Gasteiger charge is -2.21. The highest BCUT2D eigenvalue weighted by molar-refractivity contribution is 7.99. The van der Waals surface area contributed by atoms with Crippen LogP contribution in [0.2, 0.25) is 0 Å². The lowest BCUT2D eigenvalue weighted by molar-refractivity contribution is 0.299. The van der Waals surface area contributed by atoms with E-state index < -0.39 is 0 Å². The minimum atomic E-state index is 0.379. The van der Waals surface area contributed by atoms with Gasteiger partial charge in [-0.3, -0.25) is 4.98 Å². The smallest absolute Gasteiger partial charge is 0.191 e. The predicted molar refractivity (Wildman–Crippen MR) is 141 cm³/mol. The van der Waals surface area contributed by atoms with E-state index in [9.17, 15) is 0 Å². The van der Waals surface area contributed by atoms with Crippen molar-refractivity contribution in [1.82, 2.24) is 24.6 Å². The molecule has 3 heterocycles. The fraction of sp³-hybridized carbons (Fsp3) is 0.393. The standard InChI is InChI=1S/C28H31N5OS/c1-19-8-13-23-24(6-4-7-25(23)29-19)26-30-31-27(32(26)2)35-15-5-14-33-17-21-16-28(21,18-33)20-9-11-22(34-3)12-10-20/h4,6-13,21H,5,14-18H2,1-3H3/t21-,28+/m1/s1. The molecule has 2 aromatic carbocycles. The van der Waals surface area contributed by atoms with Crippen molar-refractivity contribution in [2.45, 2.75) is 30.3 Å². The van der Waals surface area contributed by atoms with Crippen molar-refractivity contribution < 1.29 is 4.74 Å². The van der Waals surface area contributed by atoms with Crippen LogP contribution >= 0.6 is 11.8 Å². The van der Waals surface area contributed by atoms with E-state index in [-0.39, 0.29) is 0 Å². The summed E-state index contributed by atoms with van der Waals surface area (Å²) in [5.74, 6) is 3.68. The molecule has 0 radical (unpaired) electrons. The van der Waals surface area contributed by atoms with Crippen LogP contribution in [0.5, 0.6) is 5.75 Å². The minimum absolute atomic E-state index is 0.379. The van der Waals surface area contributed by atoms with Crippen LogP contribution in [0, 0.1) is 12.8 Å². The maximum Gasteiger partial charge on any atom is 0.191 e. The predicted octanol–water partition coefficient (Wildman–Crippen LogP) is 5.10. The number of piperidine rings is 1. The number of aryl methyl sites for hydroxylation is 1. The van der Waals surface area contributed by atoms with Gasteiger partial charge in [0.05, 0.1) is 12.6 Å². The molecule has 180 valence electrons. The number of methoxy groups -OCH3 is 1. The zero-order valence-electron chi connectivity index (χ0n) is 20.6. The summed E-state index contributed by atoms with van der Waals surface area (Å²) in [6.07, 6.45) is 2.48. The zero-order valence-corrected chi connectivity index (χ0v) is 21.4. The summed E-state index contributed by atoms with van der Waals surface area (Å²) in [5, 5.41) is 11.1. The van der Waals surface area contributed by atoms with Crippen LogP contribution in [0.4, 0.5) is 0 Å². The second kappa shape index (κ2) is 8.95. The van der Waals surface area contributed by atoms with Crippen LogP contribution in [-0.4, -0.2) is 57.1 Å². The average molecular weight is 486 g/mol. The molecule has 0 amide bonds. The largest absolute Gasteiger partial charge is 0.497 e. The first-order valence-electron chi connectivity index (χ1n) is 12.3. The summed E-state index contributed by atoms with van der Waals surface area (Å²) >= 11 is 1.80. The monoisotopic (exact) mass is 485 g/mol. The normalized spacial score (nSPS) is 21.4. The molecular formula is C28H31N5OS. The van der Waals surface area contributed by atoms with Crippen molar-refractivity contribution >= 4 is 22.7 Å². The number of hydrogen-bond donors (Lipinski definition) is 0. The van der Waals surface area contributed by atoms with Gasteiger partial charge in [0.25, 0.3) is 0 Å². The van der Waals surface area contributed by atoms with Crippen LogP contribution in [-0.2, 0) is 12.5 Å². The quantitative estimate of drug-likeness (QED) is 0.256. The van der Waals surface area contributed by atoms with Gasteiger partial charge in [-0.15, -0.1) is 10.2 Å². The average Bonchev–Trinajstić information content (AvgIpc) is 3.25. The van der Waals surface area contributed by atoms with E-state index in [1.165, 1.54) is 25.1 Å². The third-order valence-electron chi connectivity index (χ3n) is 7.68. The van der Waals surface area contributed by atoms with Crippen LogP contribution < -0.4 is 4.74 Å². The molecule has 0 spiro atoms. The van der Waals surface area contributed by atoms with E-state index in [1.54, 1.807) is 18.9 Å². The van der Waals surface area contributed by atoms with Gasteiger partial charge >= 0.3 is 0 Å². The SMILES string of the molecule is COc1ccc([C@@]23C[C@@H]2CN(CCCSc2nnc(-c4cccc5nc(C)ccc45)n2C)C3)cc1. The molecule has 6 nitrogen and oxygen atoms in total. The molecule has 2 aliphatic rings. The summed E-state index contributed by atoms with van der Waals surface area (Å²) in [7, 11) is 3.79. The number of pyridine rings is 1. The molecule has 2 fully saturated rings. The van der Waals surface area contributed by atoms with Crippen LogP contribution in [0.3, 0.4) is 0 Å². The molecule has 0 N–H and O–H groups in total. The molecular weight excluding hydrogens is 454 g/mol. The second-order valence-electron chi connectivity index (χ2n) is 9.91. The summed E-state index contributed by atoms with van der Waals surface area (Å²) < 4.78 is 7.45. The Kier molecular flexibility index (Phi) is 5.77. The van der Waals surface area contributed by atoms with E-state index in [1.807, 2.05) is 13.0 Å². The lowest BCUT2D eigenvalue weighted by Crippen LogP contribution is -2.27. The van der Waals surface area contributed by atoms with E-state index in [0.717, 1.165) is 63.5 Å². The number of aromatic nitrogens is 4. The van der Waals surface area contributed by atoms with Gasteiger partial charge in [0.15, 0.2) is 11.0 Å². The summed E-state index contributed by atoms with van der Waals surface area (Å²) in [6.45, 7) is 5.56. The fourth-order valence-corrected chi connectivity index (χ4v) is 6.54. The number of thioether (sulfide) groups is 1. The summed E-state index contributed by atoms with van der Waals surface area (Å²) in [5.41, 5.74) is 4.96. The van der Waals surface area contributed by atoms with E-state index >= 15 is 0 Å². The van der Waals surface area contributed by atoms with Crippen molar-refractivity contribution in [3.63, 3.8) is 0 Å². The first-order valence-corrected chi connectivity index (χ1v) is 13.3. The van der Waals surface area contributed by atoms with Crippen LogP contribution in [0.15, 0.2) is 59.8 Å². The third kappa shape index (κ3) is 4.10. The van der Waals surface area contributed by atoms with Crippen LogP contribution in [0.25, 0.3) is 22.3 Å². The number of nitrogens with zero attached hydrogens (tertiary/aromatic N) is 5.